The Balaban J connectivity index is 1.74. The summed E-state index contributed by atoms with van der Waals surface area (Å²) in [5.74, 6) is -1.11. The molecule has 0 spiro atoms. The van der Waals surface area contributed by atoms with Gasteiger partial charge in [-0.3, -0.25) is 4.79 Å². The number of amides is 1. The number of benzene rings is 1. The van der Waals surface area contributed by atoms with Crippen LogP contribution in [0.4, 0.5) is 23.4 Å². The van der Waals surface area contributed by atoms with Crippen LogP contribution >= 0.6 is 11.6 Å². The summed E-state index contributed by atoms with van der Waals surface area (Å²) in [6.07, 6.45) is -4.57. The number of anilines is 1. The standard InChI is InChI=1S/C17H15ClF4N4O/c1-10-23-13(17(20,21)22)9-14(24-10)25-5-7-26(8-6-25)16(27)15-11(18)3-2-4-12(15)19/h2-4,9H,5-8H2,1H3. The van der Waals surface area contributed by atoms with E-state index < -0.39 is 23.6 Å². The van der Waals surface area contributed by atoms with Crippen LogP contribution in [0.25, 0.3) is 0 Å². The molecular formula is C17H15ClF4N4O. The highest BCUT2D eigenvalue weighted by atomic mass is 35.5. The van der Waals surface area contributed by atoms with Crippen molar-refractivity contribution in [3.63, 3.8) is 0 Å². The van der Waals surface area contributed by atoms with Gasteiger partial charge in [0.25, 0.3) is 5.91 Å². The molecule has 0 bridgehead atoms. The van der Waals surface area contributed by atoms with Gasteiger partial charge in [-0.25, -0.2) is 14.4 Å². The molecule has 3 rings (SSSR count). The first-order valence-electron chi connectivity index (χ1n) is 8.08. The van der Waals surface area contributed by atoms with E-state index in [-0.39, 0.29) is 48.4 Å². The van der Waals surface area contributed by atoms with Crippen LogP contribution in [0.5, 0.6) is 0 Å². The lowest BCUT2D eigenvalue weighted by Gasteiger charge is -2.35. The predicted octanol–water partition coefficient (Wildman–Crippen LogP) is 3.56. The fraction of sp³-hybridized carbons (Fsp3) is 0.353. The maximum Gasteiger partial charge on any atom is 0.433 e. The molecule has 0 aliphatic carbocycles. The average Bonchev–Trinajstić information content (AvgIpc) is 2.60. The summed E-state index contributed by atoms with van der Waals surface area (Å²) in [6, 6.07) is 4.87. The number of aromatic nitrogens is 2. The zero-order chi connectivity index (χ0) is 19.8. The molecule has 0 radical (unpaired) electrons. The highest BCUT2D eigenvalue weighted by Gasteiger charge is 2.34. The van der Waals surface area contributed by atoms with Gasteiger partial charge in [0.15, 0.2) is 0 Å². The van der Waals surface area contributed by atoms with E-state index in [1.165, 1.54) is 24.0 Å². The molecule has 1 amide bonds. The topological polar surface area (TPSA) is 49.3 Å². The number of hydrogen-bond acceptors (Lipinski definition) is 4. The molecule has 1 aromatic carbocycles. The third-order valence-electron chi connectivity index (χ3n) is 4.18. The van der Waals surface area contributed by atoms with Crippen LogP contribution in [0.2, 0.25) is 5.02 Å². The van der Waals surface area contributed by atoms with Crippen LogP contribution in [-0.4, -0.2) is 47.0 Å². The summed E-state index contributed by atoms with van der Waals surface area (Å²) in [5, 5.41) is 0.0173. The highest BCUT2D eigenvalue weighted by molar-refractivity contribution is 6.33. The molecule has 0 unspecified atom stereocenters. The Morgan fingerprint density at radius 1 is 1.15 bits per heavy atom. The molecule has 1 saturated heterocycles. The fourth-order valence-corrected chi connectivity index (χ4v) is 3.10. The largest absolute Gasteiger partial charge is 0.433 e. The number of rotatable bonds is 2. The van der Waals surface area contributed by atoms with E-state index in [1.807, 2.05) is 0 Å². The number of piperazine rings is 1. The lowest BCUT2D eigenvalue weighted by molar-refractivity contribution is -0.141. The SMILES string of the molecule is Cc1nc(N2CCN(C(=O)c3c(F)cccc3Cl)CC2)cc(C(F)(F)F)n1. The number of nitrogens with zero attached hydrogens (tertiary/aromatic N) is 4. The average molecular weight is 403 g/mol. The van der Waals surface area contributed by atoms with Crippen LogP contribution in [0, 0.1) is 12.7 Å². The van der Waals surface area contributed by atoms with E-state index in [9.17, 15) is 22.4 Å². The molecule has 0 saturated carbocycles. The smallest absolute Gasteiger partial charge is 0.353 e. The predicted molar refractivity (Wildman–Crippen MR) is 91.3 cm³/mol. The zero-order valence-corrected chi connectivity index (χ0v) is 15.0. The highest BCUT2D eigenvalue weighted by Crippen LogP contribution is 2.30. The Bertz CT molecular complexity index is 846. The molecular weight excluding hydrogens is 388 g/mol. The van der Waals surface area contributed by atoms with Gasteiger partial charge in [0, 0.05) is 32.2 Å². The third-order valence-corrected chi connectivity index (χ3v) is 4.50. The van der Waals surface area contributed by atoms with Crippen molar-refractivity contribution in [1.29, 1.82) is 0 Å². The minimum atomic E-state index is -4.57. The van der Waals surface area contributed by atoms with Crippen molar-refractivity contribution in [2.75, 3.05) is 31.1 Å². The van der Waals surface area contributed by atoms with Crippen LogP contribution in [0.3, 0.4) is 0 Å². The molecule has 1 aromatic heterocycles. The normalized spacial score (nSPS) is 15.2. The number of carbonyl (C=O) groups is 1. The van der Waals surface area contributed by atoms with Crippen molar-refractivity contribution < 1.29 is 22.4 Å². The van der Waals surface area contributed by atoms with Crippen molar-refractivity contribution in [3.05, 3.63) is 52.2 Å². The van der Waals surface area contributed by atoms with Gasteiger partial charge in [0.2, 0.25) is 0 Å². The lowest BCUT2D eigenvalue weighted by Crippen LogP contribution is -2.49. The summed E-state index contributed by atoms with van der Waals surface area (Å²) < 4.78 is 52.7. The molecule has 2 aromatic rings. The summed E-state index contributed by atoms with van der Waals surface area (Å²) in [6.45, 7) is 2.30. The van der Waals surface area contributed by atoms with E-state index in [0.29, 0.717) is 0 Å². The van der Waals surface area contributed by atoms with Gasteiger partial charge >= 0.3 is 6.18 Å². The Hall–Kier alpha value is -2.42. The first-order valence-corrected chi connectivity index (χ1v) is 8.45. The number of alkyl halides is 3. The number of carbonyl (C=O) groups excluding carboxylic acids is 1. The molecule has 1 aliphatic rings. The van der Waals surface area contributed by atoms with Gasteiger partial charge in [0.1, 0.15) is 23.2 Å². The van der Waals surface area contributed by atoms with Gasteiger partial charge in [-0.2, -0.15) is 13.2 Å². The van der Waals surface area contributed by atoms with Gasteiger partial charge in [0.05, 0.1) is 10.6 Å². The molecule has 0 atom stereocenters. The van der Waals surface area contributed by atoms with E-state index in [0.717, 1.165) is 12.1 Å². The number of hydrogen-bond donors (Lipinski definition) is 0. The molecule has 0 N–H and O–H groups in total. The summed E-state index contributed by atoms with van der Waals surface area (Å²) in [7, 11) is 0. The number of aryl methyl sites for hydroxylation is 1. The van der Waals surface area contributed by atoms with Crippen molar-refractivity contribution >= 4 is 23.3 Å². The van der Waals surface area contributed by atoms with Gasteiger partial charge in [-0.05, 0) is 19.1 Å². The summed E-state index contributed by atoms with van der Waals surface area (Å²) >= 11 is 5.92. The quantitative estimate of drug-likeness (QED) is 0.721. The fourth-order valence-electron chi connectivity index (χ4n) is 2.86. The van der Waals surface area contributed by atoms with Crippen LogP contribution in [0.1, 0.15) is 21.9 Å². The van der Waals surface area contributed by atoms with Gasteiger partial charge in [-0.1, -0.05) is 17.7 Å². The minimum Gasteiger partial charge on any atom is -0.353 e. The second-order valence-electron chi connectivity index (χ2n) is 6.03. The van der Waals surface area contributed by atoms with Crippen molar-refractivity contribution in [2.24, 2.45) is 0 Å². The monoisotopic (exact) mass is 402 g/mol. The first-order chi connectivity index (χ1) is 12.7. The maximum absolute atomic E-state index is 13.9. The molecule has 10 heteroatoms. The van der Waals surface area contributed by atoms with Gasteiger partial charge < -0.3 is 9.80 Å². The Labute approximate surface area is 157 Å². The molecule has 1 fully saturated rings. The van der Waals surface area contributed by atoms with Crippen LogP contribution in [-0.2, 0) is 6.18 Å². The summed E-state index contributed by atoms with van der Waals surface area (Å²) in [4.78, 5) is 23.1. The second kappa shape index (κ2) is 7.30. The Kier molecular flexibility index (Phi) is 5.23. The Morgan fingerprint density at radius 2 is 1.81 bits per heavy atom. The molecule has 2 heterocycles. The molecule has 1 aliphatic heterocycles. The van der Waals surface area contributed by atoms with Crippen LogP contribution < -0.4 is 4.90 Å². The third kappa shape index (κ3) is 4.13. The first kappa shape index (κ1) is 19.3. The number of halogens is 5. The minimum absolute atomic E-state index is 0.0106. The van der Waals surface area contributed by atoms with E-state index in [2.05, 4.69) is 9.97 Å². The van der Waals surface area contributed by atoms with Gasteiger partial charge in [-0.15, -0.1) is 0 Å². The molecule has 144 valence electrons. The summed E-state index contributed by atoms with van der Waals surface area (Å²) in [5.41, 5.74) is -1.22. The molecule has 27 heavy (non-hydrogen) atoms. The van der Waals surface area contributed by atoms with Crippen molar-refractivity contribution in [2.45, 2.75) is 13.1 Å². The lowest BCUT2D eigenvalue weighted by atomic mass is 10.1. The van der Waals surface area contributed by atoms with E-state index >= 15 is 0 Å². The maximum atomic E-state index is 13.9. The van der Waals surface area contributed by atoms with Crippen molar-refractivity contribution in [1.82, 2.24) is 14.9 Å². The van der Waals surface area contributed by atoms with Crippen LogP contribution in [0.15, 0.2) is 24.3 Å². The Morgan fingerprint density at radius 3 is 2.41 bits per heavy atom. The second-order valence-corrected chi connectivity index (χ2v) is 6.44. The van der Waals surface area contributed by atoms with E-state index in [1.54, 1.807) is 4.90 Å². The zero-order valence-electron chi connectivity index (χ0n) is 14.2. The van der Waals surface area contributed by atoms with Crippen molar-refractivity contribution in [3.8, 4) is 0 Å². The molecule has 5 nitrogen and oxygen atoms in total. The van der Waals surface area contributed by atoms with E-state index in [4.69, 9.17) is 11.6 Å².